The molecule has 4 rings (SSSR count). The molecule has 0 bridgehead atoms. The molecule has 0 atom stereocenters. The van der Waals surface area contributed by atoms with Crippen molar-refractivity contribution in [2.45, 2.75) is 0 Å². The van der Waals surface area contributed by atoms with Crippen molar-refractivity contribution in [3.05, 3.63) is 95.2 Å². The van der Waals surface area contributed by atoms with E-state index in [1.165, 1.54) is 4.90 Å². The second-order valence-electron chi connectivity index (χ2n) is 6.70. The summed E-state index contributed by atoms with van der Waals surface area (Å²) in [7, 11) is 4.38. The van der Waals surface area contributed by atoms with Gasteiger partial charge >= 0.3 is 0 Å². The summed E-state index contributed by atoms with van der Waals surface area (Å²) in [6, 6.07) is 26.1. The van der Waals surface area contributed by atoms with Crippen LogP contribution in [-0.4, -0.2) is 47.3 Å². The number of aromatic hydroxyl groups is 1. The highest BCUT2D eigenvalue weighted by molar-refractivity contribution is 5.84. The largest absolute Gasteiger partial charge is 0.508 e. The fourth-order valence-electron chi connectivity index (χ4n) is 2.97. The van der Waals surface area contributed by atoms with Gasteiger partial charge in [0.05, 0.1) is 11.2 Å². The number of carbonyl (C=O) groups is 1. The quantitative estimate of drug-likeness (QED) is 0.497. The smallest absolute Gasteiger partial charge is 0.209 e. The van der Waals surface area contributed by atoms with Crippen LogP contribution in [0.25, 0.3) is 27.8 Å². The van der Waals surface area contributed by atoms with Gasteiger partial charge in [-0.25, -0.2) is 0 Å². The van der Waals surface area contributed by atoms with Gasteiger partial charge in [-0.2, -0.15) is 0 Å². The maximum atomic E-state index is 12.6. The lowest BCUT2D eigenvalue weighted by Gasteiger charge is -2.17. The summed E-state index contributed by atoms with van der Waals surface area (Å²) in [5, 5.41) is 17.3. The maximum absolute atomic E-state index is 12.6. The summed E-state index contributed by atoms with van der Waals surface area (Å²) >= 11 is 0. The van der Waals surface area contributed by atoms with Gasteiger partial charge in [0, 0.05) is 38.3 Å². The third-order valence-electron chi connectivity index (χ3n) is 4.31. The Kier molecular flexibility index (Phi) is 8.54. The molecule has 4 aromatic rings. The molecule has 160 valence electrons. The van der Waals surface area contributed by atoms with E-state index in [2.05, 4.69) is 0 Å². The van der Waals surface area contributed by atoms with Gasteiger partial charge in [0.15, 0.2) is 5.43 Å². The van der Waals surface area contributed by atoms with Crippen LogP contribution in [-0.2, 0) is 4.79 Å². The van der Waals surface area contributed by atoms with Crippen LogP contribution in [0.15, 0.2) is 89.7 Å². The first-order valence-corrected chi connectivity index (χ1v) is 9.57. The molecule has 2 N–H and O–H groups in total. The molecule has 6 nitrogen and oxygen atoms in total. The number of rotatable bonds is 3. The molecule has 0 saturated heterocycles. The Hall–Kier alpha value is -3.90. The highest BCUT2D eigenvalue weighted by atomic mass is 16.3. The molecule has 0 aliphatic heterocycles. The van der Waals surface area contributed by atoms with Gasteiger partial charge in [-0.3, -0.25) is 9.59 Å². The van der Waals surface area contributed by atoms with Gasteiger partial charge in [-0.1, -0.05) is 42.5 Å². The summed E-state index contributed by atoms with van der Waals surface area (Å²) in [6.07, 6.45) is 0.750. The monoisotopic (exact) mass is 418 g/mol. The Morgan fingerprint density at radius 2 is 1.39 bits per heavy atom. The molecule has 0 aliphatic rings. The van der Waals surface area contributed by atoms with Crippen molar-refractivity contribution in [3.8, 4) is 22.7 Å². The zero-order valence-corrected chi connectivity index (χ0v) is 17.8. The molecule has 1 amide bonds. The second kappa shape index (κ2) is 11.3. The summed E-state index contributed by atoms with van der Waals surface area (Å²) in [5.41, 5.74) is 3.52. The minimum atomic E-state index is -0.000480. The van der Waals surface area contributed by atoms with Crippen molar-refractivity contribution in [1.29, 1.82) is 0 Å². The van der Waals surface area contributed by atoms with Crippen LogP contribution >= 0.6 is 0 Å². The van der Waals surface area contributed by atoms with Crippen molar-refractivity contribution in [3.63, 3.8) is 0 Å². The molecule has 1 heterocycles. The van der Waals surface area contributed by atoms with E-state index >= 15 is 0 Å². The Morgan fingerprint density at radius 1 is 0.839 bits per heavy atom. The average Bonchev–Trinajstić information content (AvgIpc) is 2.82. The molecule has 3 aromatic carbocycles. The number of aliphatic hydroxyl groups is 1. The lowest BCUT2D eigenvalue weighted by atomic mass is 10.1. The van der Waals surface area contributed by atoms with Crippen LogP contribution in [0.3, 0.4) is 0 Å². The third kappa shape index (κ3) is 5.81. The molecular formula is C25H26N2O4. The number of pyridine rings is 1. The molecular weight excluding hydrogens is 392 g/mol. The van der Waals surface area contributed by atoms with E-state index in [4.69, 9.17) is 5.11 Å². The highest BCUT2D eigenvalue weighted by Crippen LogP contribution is 2.27. The zero-order chi connectivity index (χ0) is 22.8. The van der Waals surface area contributed by atoms with Gasteiger partial charge < -0.3 is 19.7 Å². The molecule has 0 unspecified atom stereocenters. The zero-order valence-electron chi connectivity index (χ0n) is 17.8. The first-order valence-electron chi connectivity index (χ1n) is 9.57. The molecule has 1 aromatic heterocycles. The van der Waals surface area contributed by atoms with E-state index in [0.29, 0.717) is 5.39 Å². The molecule has 0 aliphatic carbocycles. The first-order chi connectivity index (χ1) is 15.0. The van der Waals surface area contributed by atoms with Gasteiger partial charge in [-0.15, -0.1) is 0 Å². The number of hydrogen-bond acceptors (Lipinski definition) is 4. The van der Waals surface area contributed by atoms with Crippen LogP contribution in [0.1, 0.15) is 0 Å². The number of aliphatic hydroxyl groups excluding tert-OH is 1. The molecule has 0 radical (unpaired) electrons. The number of fused-ring (bicyclic) bond motifs is 1. The van der Waals surface area contributed by atoms with Crippen LogP contribution in [0, 0.1) is 0 Å². The van der Waals surface area contributed by atoms with Crippen molar-refractivity contribution >= 4 is 17.3 Å². The third-order valence-corrected chi connectivity index (χ3v) is 4.31. The van der Waals surface area contributed by atoms with Crippen LogP contribution < -0.4 is 5.43 Å². The predicted molar refractivity (Wildman–Crippen MR) is 125 cm³/mol. The number of aromatic nitrogens is 1. The Morgan fingerprint density at radius 3 is 1.97 bits per heavy atom. The van der Waals surface area contributed by atoms with E-state index < -0.39 is 0 Å². The van der Waals surface area contributed by atoms with E-state index in [-0.39, 0.29) is 11.2 Å². The average molecular weight is 418 g/mol. The van der Waals surface area contributed by atoms with E-state index in [0.717, 1.165) is 36.0 Å². The normalized spacial score (nSPS) is 9.68. The lowest BCUT2D eigenvalue weighted by Crippen LogP contribution is -2.10. The summed E-state index contributed by atoms with van der Waals surface area (Å²) in [6.45, 7) is 0. The topological polar surface area (TPSA) is 82.8 Å². The molecule has 0 spiro atoms. The number of benzene rings is 3. The standard InChI is InChI=1S/C21H15NO2.C3H7NO.CH4O/c23-17-12-10-16(11-13-17)22-19-9-5-4-8-18(19)21(24)14-20(22)15-6-2-1-3-7-15;1-4(2)3-5;1-2/h1-14,23H;3H,1-2H3;2H,1H3. The Labute approximate surface area is 181 Å². The van der Waals surface area contributed by atoms with Gasteiger partial charge in [0.25, 0.3) is 0 Å². The summed E-state index contributed by atoms with van der Waals surface area (Å²) < 4.78 is 2.05. The lowest BCUT2D eigenvalue weighted by molar-refractivity contribution is -0.115. The van der Waals surface area contributed by atoms with Crippen LogP contribution in [0.5, 0.6) is 5.75 Å². The van der Waals surface area contributed by atoms with E-state index in [9.17, 15) is 14.7 Å². The van der Waals surface area contributed by atoms with Crippen molar-refractivity contribution < 1.29 is 15.0 Å². The number of carbonyl (C=O) groups excluding carboxylic acids is 1. The summed E-state index contributed by atoms with van der Waals surface area (Å²) in [5.74, 6) is 0.213. The van der Waals surface area contributed by atoms with E-state index in [1.807, 2.05) is 71.3 Å². The van der Waals surface area contributed by atoms with Crippen LogP contribution in [0.4, 0.5) is 0 Å². The number of nitrogens with zero attached hydrogens (tertiary/aromatic N) is 2. The minimum absolute atomic E-state index is 0.000480. The van der Waals surface area contributed by atoms with E-state index in [1.54, 1.807) is 32.3 Å². The van der Waals surface area contributed by atoms with Crippen molar-refractivity contribution in [1.82, 2.24) is 9.47 Å². The fourth-order valence-corrected chi connectivity index (χ4v) is 2.97. The highest BCUT2D eigenvalue weighted by Gasteiger charge is 2.12. The number of phenolic OH excluding ortho intramolecular Hbond substituents is 1. The fraction of sp³-hybridized carbons (Fsp3) is 0.120. The molecule has 0 saturated carbocycles. The van der Waals surface area contributed by atoms with Crippen molar-refractivity contribution in [2.24, 2.45) is 0 Å². The van der Waals surface area contributed by atoms with Gasteiger partial charge in [-0.05, 0) is 42.0 Å². The predicted octanol–water partition coefficient (Wildman–Crippen LogP) is 3.68. The SMILES string of the molecule is CN(C)C=O.CO.O=c1cc(-c2ccccc2)n(-c2ccc(O)cc2)c2ccccc12. The Balaban J connectivity index is 0.000000432. The maximum Gasteiger partial charge on any atom is 0.209 e. The molecule has 31 heavy (non-hydrogen) atoms. The number of hydrogen-bond donors (Lipinski definition) is 2. The minimum Gasteiger partial charge on any atom is -0.508 e. The second-order valence-corrected chi connectivity index (χ2v) is 6.70. The number of para-hydroxylation sites is 1. The van der Waals surface area contributed by atoms with Gasteiger partial charge in [0.1, 0.15) is 5.75 Å². The van der Waals surface area contributed by atoms with Crippen molar-refractivity contribution in [2.75, 3.05) is 21.2 Å². The van der Waals surface area contributed by atoms with Crippen LogP contribution in [0.2, 0.25) is 0 Å². The summed E-state index contributed by atoms with van der Waals surface area (Å²) in [4.78, 5) is 23.4. The number of amides is 1. The molecule has 0 fully saturated rings. The number of phenols is 1. The first kappa shape index (κ1) is 23.4. The molecule has 6 heteroatoms. The Bertz CT molecular complexity index is 1170. The van der Waals surface area contributed by atoms with Gasteiger partial charge in [0.2, 0.25) is 6.41 Å².